The number of halogens is 2. The standard InChI is InChI=1S/C7H15FNO3P.ClH/c1-2-6(8)7(10)13(11,12)5-3-4-9;/h2,7,10H,3-5,9H2,1H3,(H,11,12);1H. The van der Waals surface area contributed by atoms with E-state index >= 15 is 0 Å². The molecule has 4 nitrogen and oxygen atoms in total. The number of rotatable bonds is 5. The predicted octanol–water partition coefficient (Wildman–Crippen LogP) is 1.22. The summed E-state index contributed by atoms with van der Waals surface area (Å²) < 4.78 is 23.9. The summed E-state index contributed by atoms with van der Waals surface area (Å²) in [5.41, 5.74) is 5.12. The Labute approximate surface area is 88.9 Å². The van der Waals surface area contributed by atoms with Gasteiger partial charge in [-0.3, -0.25) is 4.57 Å². The zero-order valence-electron chi connectivity index (χ0n) is 7.89. The maximum Gasteiger partial charge on any atom is 0.235 e. The molecule has 0 aliphatic rings. The van der Waals surface area contributed by atoms with Gasteiger partial charge in [0.1, 0.15) is 5.83 Å². The number of aliphatic hydroxyl groups excluding tert-OH is 1. The maximum absolute atomic E-state index is 12.7. The molecule has 0 saturated heterocycles. The largest absolute Gasteiger partial charge is 0.376 e. The number of nitrogens with two attached hydrogens (primary N) is 1. The Bertz CT molecular complexity index is 237. The van der Waals surface area contributed by atoms with Gasteiger partial charge in [0.05, 0.1) is 0 Å². The smallest absolute Gasteiger partial charge is 0.235 e. The van der Waals surface area contributed by atoms with E-state index in [0.717, 1.165) is 6.08 Å². The Morgan fingerprint density at radius 2 is 2.21 bits per heavy atom. The van der Waals surface area contributed by atoms with Crippen molar-refractivity contribution in [3.8, 4) is 0 Å². The molecule has 0 fully saturated rings. The first-order chi connectivity index (χ1) is 5.95. The topological polar surface area (TPSA) is 83.5 Å². The van der Waals surface area contributed by atoms with Crippen LogP contribution in [0, 0.1) is 0 Å². The normalized spacial score (nSPS) is 18.2. The van der Waals surface area contributed by atoms with Crippen molar-refractivity contribution in [2.45, 2.75) is 19.2 Å². The molecule has 0 amide bonds. The molecule has 0 spiro atoms. The van der Waals surface area contributed by atoms with Gasteiger partial charge in [0.25, 0.3) is 0 Å². The van der Waals surface area contributed by atoms with Gasteiger partial charge in [-0.15, -0.1) is 12.4 Å². The molecule has 86 valence electrons. The molecule has 2 atom stereocenters. The van der Waals surface area contributed by atoms with E-state index in [0.29, 0.717) is 6.42 Å². The van der Waals surface area contributed by atoms with Crippen LogP contribution in [0.4, 0.5) is 4.39 Å². The average molecular weight is 248 g/mol. The van der Waals surface area contributed by atoms with Crippen molar-refractivity contribution in [2.24, 2.45) is 5.73 Å². The second-order valence-corrected chi connectivity index (χ2v) is 5.12. The number of hydrogen-bond acceptors (Lipinski definition) is 3. The van der Waals surface area contributed by atoms with Gasteiger partial charge in [-0.25, -0.2) is 4.39 Å². The number of aliphatic hydroxyl groups is 1. The van der Waals surface area contributed by atoms with Crippen molar-refractivity contribution < 1.29 is 19.0 Å². The third kappa shape index (κ3) is 5.08. The molecule has 0 aromatic carbocycles. The van der Waals surface area contributed by atoms with E-state index in [4.69, 9.17) is 10.8 Å². The van der Waals surface area contributed by atoms with Gasteiger partial charge in [0, 0.05) is 6.16 Å². The van der Waals surface area contributed by atoms with Gasteiger partial charge in [-0.05, 0) is 19.9 Å². The van der Waals surface area contributed by atoms with Crippen LogP contribution in [0.2, 0.25) is 0 Å². The lowest BCUT2D eigenvalue weighted by Crippen LogP contribution is -2.12. The molecule has 0 aromatic heterocycles. The predicted molar refractivity (Wildman–Crippen MR) is 56.5 cm³/mol. The molecular formula is C7H16ClFNO3P. The molecule has 0 rings (SSSR count). The van der Waals surface area contributed by atoms with Crippen molar-refractivity contribution >= 4 is 19.8 Å². The van der Waals surface area contributed by atoms with Gasteiger partial charge in [0.2, 0.25) is 7.37 Å². The van der Waals surface area contributed by atoms with Crippen molar-refractivity contribution in [1.82, 2.24) is 0 Å². The fourth-order valence-corrected chi connectivity index (χ4v) is 2.20. The summed E-state index contributed by atoms with van der Waals surface area (Å²) in [4.78, 5) is 9.18. The van der Waals surface area contributed by atoms with Crippen LogP contribution >= 0.6 is 19.8 Å². The van der Waals surface area contributed by atoms with Crippen LogP contribution < -0.4 is 5.73 Å². The van der Waals surface area contributed by atoms with E-state index in [-0.39, 0.29) is 25.1 Å². The lowest BCUT2D eigenvalue weighted by Gasteiger charge is -2.15. The summed E-state index contributed by atoms with van der Waals surface area (Å²) in [7, 11) is -3.84. The van der Waals surface area contributed by atoms with Crippen LogP contribution in [0.3, 0.4) is 0 Å². The highest BCUT2D eigenvalue weighted by Gasteiger charge is 2.31. The Morgan fingerprint density at radius 1 is 1.71 bits per heavy atom. The Balaban J connectivity index is 0. The van der Waals surface area contributed by atoms with Crippen molar-refractivity contribution in [1.29, 1.82) is 0 Å². The monoisotopic (exact) mass is 247 g/mol. The lowest BCUT2D eigenvalue weighted by atomic mass is 10.5. The second kappa shape index (κ2) is 7.37. The highest BCUT2D eigenvalue weighted by Crippen LogP contribution is 2.48. The van der Waals surface area contributed by atoms with E-state index < -0.39 is 19.0 Å². The summed E-state index contributed by atoms with van der Waals surface area (Å²) in [5.74, 6) is -2.87. The van der Waals surface area contributed by atoms with Crippen LogP contribution in [0.1, 0.15) is 13.3 Å². The van der Waals surface area contributed by atoms with Gasteiger partial charge in [-0.2, -0.15) is 0 Å². The third-order valence-electron chi connectivity index (χ3n) is 1.59. The molecule has 4 N–H and O–H groups in total. The summed E-state index contributed by atoms with van der Waals surface area (Å²) in [6.07, 6.45) is 1.10. The summed E-state index contributed by atoms with van der Waals surface area (Å²) in [6.45, 7) is 1.59. The molecule has 0 radical (unpaired) electrons. The van der Waals surface area contributed by atoms with Crippen LogP contribution in [0.5, 0.6) is 0 Å². The van der Waals surface area contributed by atoms with Gasteiger partial charge in [-0.1, -0.05) is 6.08 Å². The first-order valence-electron chi connectivity index (χ1n) is 3.97. The first kappa shape index (κ1) is 16.5. The Hall–Kier alpha value is 0.0700. The zero-order chi connectivity index (χ0) is 10.5. The van der Waals surface area contributed by atoms with Crippen molar-refractivity contribution in [3.05, 3.63) is 11.9 Å². The highest BCUT2D eigenvalue weighted by atomic mass is 35.5. The van der Waals surface area contributed by atoms with E-state index in [2.05, 4.69) is 0 Å². The SMILES string of the molecule is CC=C(F)C(O)P(=O)(O)CCCN.Cl. The van der Waals surface area contributed by atoms with E-state index in [9.17, 15) is 13.8 Å². The minimum atomic E-state index is -3.84. The molecule has 7 heteroatoms. The van der Waals surface area contributed by atoms with Gasteiger partial charge in [0.15, 0.2) is 5.85 Å². The molecule has 0 bridgehead atoms. The minimum Gasteiger partial charge on any atom is -0.376 e. The Morgan fingerprint density at radius 3 is 2.57 bits per heavy atom. The van der Waals surface area contributed by atoms with Crippen LogP contribution in [0.15, 0.2) is 11.9 Å². The van der Waals surface area contributed by atoms with E-state index in [1.807, 2.05) is 0 Å². The quantitative estimate of drug-likeness (QED) is 0.638. The molecular weight excluding hydrogens is 232 g/mol. The van der Waals surface area contributed by atoms with Crippen LogP contribution in [-0.2, 0) is 4.57 Å². The molecule has 0 aliphatic carbocycles. The molecule has 14 heavy (non-hydrogen) atoms. The molecule has 0 aromatic rings. The minimum absolute atomic E-state index is 0. The third-order valence-corrected chi connectivity index (χ3v) is 3.56. The lowest BCUT2D eigenvalue weighted by molar-refractivity contribution is 0.233. The summed E-state index contributed by atoms with van der Waals surface area (Å²) in [5, 5.41) is 9.07. The average Bonchev–Trinajstić information content (AvgIpc) is 2.12. The maximum atomic E-state index is 12.7. The summed E-state index contributed by atoms with van der Waals surface area (Å²) in [6, 6.07) is 0. The zero-order valence-corrected chi connectivity index (χ0v) is 9.60. The van der Waals surface area contributed by atoms with Crippen LogP contribution in [-0.4, -0.2) is 28.6 Å². The fraction of sp³-hybridized carbons (Fsp3) is 0.714. The summed E-state index contributed by atoms with van der Waals surface area (Å²) >= 11 is 0. The molecule has 2 unspecified atom stereocenters. The fourth-order valence-electron chi connectivity index (χ4n) is 0.782. The molecule has 0 saturated carbocycles. The van der Waals surface area contributed by atoms with E-state index in [1.54, 1.807) is 0 Å². The first-order valence-corrected chi connectivity index (χ1v) is 5.88. The van der Waals surface area contributed by atoms with E-state index in [1.165, 1.54) is 6.92 Å². The molecule has 0 aliphatic heterocycles. The van der Waals surface area contributed by atoms with Gasteiger partial charge < -0.3 is 15.7 Å². The van der Waals surface area contributed by atoms with Crippen LogP contribution in [0.25, 0.3) is 0 Å². The van der Waals surface area contributed by atoms with Crippen molar-refractivity contribution in [2.75, 3.05) is 12.7 Å². The number of allylic oxidation sites excluding steroid dienone is 1. The van der Waals surface area contributed by atoms with Crippen molar-refractivity contribution in [3.63, 3.8) is 0 Å². The van der Waals surface area contributed by atoms with Gasteiger partial charge >= 0.3 is 0 Å². The second-order valence-electron chi connectivity index (χ2n) is 2.67. The highest BCUT2D eigenvalue weighted by molar-refractivity contribution is 7.58. The molecule has 0 heterocycles. The Kier molecular flexibility index (Phi) is 8.69. The number of hydrogen-bond donors (Lipinski definition) is 3.